The Morgan fingerprint density at radius 1 is 1.09 bits per heavy atom. The number of thiazole rings is 1. The van der Waals surface area contributed by atoms with Gasteiger partial charge in [-0.2, -0.15) is 0 Å². The van der Waals surface area contributed by atoms with Crippen molar-refractivity contribution < 1.29 is 27.5 Å². The van der Waals surface area contributed by atoms with Gasteiger partial charge in [0.1, 0.15) is 10.7 Å². The molecule has 0 radical (unpaired) electrons. The maximum Gasteiger partial charge on any atom is 0.282 e. The summed E-state index contributed by atoms with van der Waals surface area (Å²) >= 11 is 7.04. The van der Waals surface area contributed by atoms with Gasteiger partial charge in [-0.15, -0.1) is 0 Å². The predicted octanol–water partition coefficient (Wildman–Crippen LogP) is 5.69. The molecule has 6 rings (SSSR count). The molecule has 0 atom stereocenters. The van der Waals surface area contributed by atoms with E-state index in [0.29, 0.717) is 59.8 Å². The number of rotatable bonds is 9. The predicted molar refractivity (Wildman–Crippen MR) is 175 cm³/mol. The van der Waals surface area contributed by atoms with Crippen LogP contribution in [-0.2, 0) is 4.79 Å². The van der Waals surface area contributed by atoms with Crippen LogP contribution in [0.4, 0.5) is 41.3 Å². The van der Waals surface area contributed by atoms with Crippen LogP contribution in [-0.4, -0.2) is 84.0 Å². The first kappa shape index (κ1) is 32.1. The molecule has 4 aromatic rings. The van der Waals surface area contributed by atoms with Crippen LogP contribution in [0.25, 0.3) is 11.3 Å². The van der Waals surface area contributed by atoms with Crippen molar-refractivity contribution in [2.24, 2.45) is 0 Å². The summed E-state index contributed by atoms with van der Waals surface area (Å²) in [5.41, 5.74) is 1.45. The van der Waals surface area contributed by atoms with Gasteiger partial charge in [0, 0.05) is 37.9 Å². The number of para-hydroxylation sites is 1. The number of aromatic nitrogens is 3. The van der Waals surface area contributed by atoms with E-state index in [2.05, 4.69) is 27.2 Å². The Labute approximate surface area is 276 Å². The number of nitrogens with zero attached hydrogens (tertiary/aromatic N) is 6. The van der Waals surface area contributed by atoms with Crippen molar-refractivity contribution in [2.45, 2.75) is 5.92 Å². The summed E-state index contributed by atoms with van der Waals surface area (Å²) in [7, 11) is 1.47. The number of piperazine rings is 1. The standard InChI is InChI=1S/C31H28ClF3N8O3S/c1-3-25(44)41-9-11-42(12-10-41)28-22(43-16-31(34,35)17-43)13-18(14-36-28)21-7-8-23(46-2)27(38-21)40-30-37-15-24(47-30)29(45)39-26-19(32)5-4-6-20(26)33/h3-8,13-15H,1,9-12,16-17H2,2H3,(H,39,45)(H,37,38,40). The molecule has 0 unspecified atom stereocenters. The molecule has 11 nitrogen and oxygen atoms in total. The molecule has 1 aromatic carbocycles. The van der Waals surface area contributed by atoms with Crippen molar-refractivity contribution in [1.29, 1.82) is 0 Å². The molecule has 5 heterocycles. The maximum atomic E-state index is 14.2. The molecule has 0 spiro atoms. The molecule has 2 N–H and O–H groups in total. The number of benzene rings is 1. The fraction of sp³-hybridized carbons (Fsp3) is 0.258. The second-order valence-electron chi connectivity index (χ2n) is 10.7. The molecule has 0 saturated carbocycles. The van der Waals surface area contributed by atoms with Crippen LogP contribution >= 0.6 is 22.9 Å². The molecule has 2 amide bonds. The lowest BCUT2D eigenvalue weighted by Gasteiger charge is -2.43. The molecular weight excluding hydrogens is 657 g/mol. The number of pyridine rings is 2. The highest BCUT2D eigenvalue weighted by atomic mass is 35.5. The summed E-state index contributed by atoms with van der Waals surface area (Å²) in [5.74, 6) is -3.01. The molecule has 2 saturated heterocycles. The number of halogens is 4. The number of methoxy groups -OCH3 is 1. The monoisotopic (exact) mass is 684 g/mol. The molecule has 3 aromatic heterocycles. The Morgan fingerprint density at radius 3 is 2.53 bits per heavy atom. The molecule has 16 heteroatoms. The molecule has 2 aliphatic heterocycles. The lowest BCUT2D eigenvalue weighted by Crippen LogP contribution is -2.57. The van der Waals surface area contributed by atoms with Crippen LogP contribution < -0.4 is 25.2 Å². The van der Waals surface area contributed by atoms with Gasteiger partial charge in [0.2, 0.25) is 5.91 Å². The van der Waals surface area contributed by atoms with E-state index in [1.165, 1.54) is 37.6 Å². The van der Waals surface area contributed by atoms with E-state index in [0.717, 1.165) is 11.3 Å². The lowest BCUT2D eigenvalue weighted by molar-refractivity contribution is -0.126. The summed E-state index contributed by atoms with van der Waals surface area (Å²) in [6.45, 7) is 4.54. The number of anilines is 5. The minimum atomic E-state index is -2.80. The summed E-state index contributed by atoms with van der Waals surface area (Å²) in [5, 5.41) is 5.89. The zero-order chi connectivity index (χ0) is 33.3. The van der Waals surface area contributed by atoms with Crippen LogP contribution in [0.15, 0.2) is 61.4 Å². The van der Waals surface area contributed by atoms with Gasteiger partial charge in [0.25, 0.3) is 11.8 Å². The van der Waals surface area contributed by atoms with Crippen molar-refractivity contribution in [3.05, 3.63) is 77.2 Å². The Hall–Kier alpha value is -4.89. The topological polar surface area (TPSA) is 116 Å². The second kappa shape index (κ2) is 13.1. The Balaban J connectivity index is 1.24. The molecule has 244 valence electrons. The van der Waals surface area contributed by atoms with Crippen LogP contribution in [0.3, 0.4) is 0 Å². The van der Waals surface area contributed by atoms with Gasteiger partial charge >= 0.3 is 0 Å². The van der Waals surface area contributed by atoms with Crippen molar-refractivity contribution in [3.8, 4) is 17.0 Å². The highest BCUT2D eigenvalue weighted by Crippen LogP contribution is 2.40. The van der Waals surface area contributed by atoms with E-state index < -0.39 is 30.7 Å². The first-order chi connectivity index (χ1) is 22.5. The van der Waals surface area contributed by atoms with Gasteiger partial charge < -0.3 is 30.1 Å². The number of carbonyl (C=O) groups is 2. The van der Waals surface area contributed by atoms with Gasteiger partial charge in [0.15, 0.2) is 22.5 Å². The lowest BCUT2D eigenvalue weighted by atomic mass is 10.1. The fourth-order valence-corrected chi connectivity index (χ4v) is 6.13. The molecular formula is C31H28ClF3N8O3S. The smallest absolute Gasteiger partial charge is 0.282 e. The Kier molecular flexibility index (Phi) is 8.92. The van der Waals surface area contributed by atoms with Crippen molar-refractivity contribution in [1.82, 2.24) is 19.9 Å². The number of carbonyl (C=O) groups excluding carboxylic acids is 2. The third-order valence-corrected chi connectivity index (χ3v) is 8.85. The quantitative estimate of drug-likeness (QED) is 0.215. The molecule has 0 aliphatic carbocycles. The van der Waals surface area contributed by atoms with Gasteiger partial charge in [-0.3, -0.25) is 9.59 Å². The zero-order valence-electron chi connectivity index (χ0n) is 25.0. The summed E-state index contributed by atoms with van der Waals surface area (Å²) in [4.78, 5) is 43.9. The molecule has 2 aliphatic rings. The summed E-state index contributed by atoms with van der Waals surface area (Å²) in [6.07, 6.45) is 4.23. The fourth-order valence-electron chi connectivity index (χ4n) is 5.20. The van der Waals surface area contributed by atoms with E-state index >= 15 is 0 Å². The van der Waals surface area contributed by atoms with Crippen LogP contribution in [0.2, 0.25) is 5.02 Å². The first-order valence-corrected chi connectivity index (χ1v) is 15.6. The molecule has 47 heavy (non-hydrogen) atoms. The number of hydrogen-bond acceptors (Lipinski definition) is 10. The second-order valence-corrected chi connectivity index (χ2v) is 12.2. The third-order valence-electron chi connectivity index (χ3n) is 7.63. The number of nitrogens with one attached hydrogen (secondary N) is 2. The number of hydrogen-bond donors (Lipinski definition) is 2. The minimum absolute atomic E-state index is 0.0584. The molecule has 2 fully saturated rings. The number of amides is 2. The average Bonchev–Trinajstić information content (AvgIpc) is 3.53. The highest BCUT2D eigenvalue weighted by molar-refractivity contribution is 7.17. The summed E-state index contributed by atoms with van der Waals surface area (Å²) in [6, 6.07) is 9.26. The average molecular weight is 685 g/mol. The van der Waals surface area contributed by atoms with E-state index in [-0.39, 0.29) is 27.3 Å². The highest BCUT2D eigenvalue weighted by Gasteiger charge is 2.45. The van der Waals surface area contributed by atoms with E-state index in [4.69, 9.17) is 21.3 Å². The largest absolute Gasteiger partial charge is 0.493 e. The SMILES string of the molecule is C=CC(=O)N1CCN(c2ncc(-c3ccc(OC)c(Nc4ncc(C(=O)Nc5c(F)cccc5Cl)s4)n3)cc2N2CC(F)(F)C2)CC1. The molecule has 0 bridgehead atoms. The minimum Gasteiger partial charge on any atom is -0.493 e. The number of ether oxygens (including phenoxy) is 1. The Bertz CT molecular complexity index is 1820. The van der Waals surface area contributed by atoms with Gasteiger partial charge in [0.05, 0.1) is 48.5 Å². The van der Waals surface area contributed by atoms with Gasteiger partial charge in [-0.25, -0.2) is 28.1 Å². The van der Waals surface area contributed by atoms with E-state index in [1.807, 2.05) is 4.90 Å². The zero-order valence-corrected chi connectivity index (χ0v) is 26.5. The van der Waals surface area contributed by atoms with Crippen LogP contribution in [0, 0.1) is 5.82 Å². The van der Waals surface area contributed by atoms with Crippen molar-refractivity contribution >= 4 is 62.9 Å². The maximum absolute atomic E-state index is 14.2. The Morgan fingerprint density at radius 2 is 1.85 bits per heavy atom. The summed E-state index contributed by atoms with van der Waals surface area (Å²) < 4.78 is 47.6. The van der Waals surface area contributed by atoms with E-state index in [1.54, 1.807) is 34.2 Å². The van der Waals surface area contributed by atoms with Crippen LogP contribution in [0.1, 0.15) is 9.67 Å². The van der Waals surface area contributed by atoms with Gasteiger partial charge in [-0.1, -0.05) is 35.6 Å². The van der Waals surface area contributed by atoms with Crippen molar-refractivity contribution in [3.63, 3.8) is 0 Å². The van der Waals surface area contributed by atoms with Crippen LogP contribution in [0.5, 0.6) is 5.75 Å². The van der Waals surface area contributed by atoms with Crippen molar-refractivity contribution in [2.75, 3.05) is 66.8 Å². The first-order valence-electron chi connectivity index (χ1n) is 14.4. The van der Waals surface area contributed by atoms with E-state index in [9.17, 15) is 22.8 Å². The normalized spacial score (nSPS) is 15.6. The third kappa shape index (κ3) is 6.81. The number of alkyl halides is 2. The van der Waals surface area contributed by atoms with Gasteiger partial charge in [-0.05, 0) is 36.4 Å².